The van der Waals surface area contributed by atoms with Crippen LogP contribution in [0.1, 0.15) is 13.2 Å². The van der Waals surface area contributed by atoms with Crippen molar-refractivity contribution in [2.24, 2.45) is 0 Å². The summed E-state index contributed by atoms with van der Waals surface area (Å²) in [4.78, 5) is 12.1. The van der Waals surface area contributed by atoms with E-state index in [2.05, 4.69) is 15.0 Å². The SMILES string of the molecule is C/C(Cl)=C\COC[C@H]1O[C@@H](n2cnc3c(N)ncnc32)[C@H](O)[C@@H]1O. The van der Waals surface area contributed by atoms with Gasteiger partial charge in [-0.3, -0.25) is 4.57 Å². The zero-order valence-corrected chi connectivity index (χ0v) is 13.7. The predicted octanol–water partition coefficient (Wildman–Crippen LogP) is 0.187. The Bertz CT molecular complexity index is 748. The number of ether oxygens (including phenoxy) is 2. The van der Waals surface area contributed by atoms with E-state index in [1.807, 2.05) is 0 Å². The molecule has 24 heavy (non-hydrogen) atoms. The number of fused-ring (bicyclic) bond motifs is 1. The molecule has 1 aliphatic heterocycles. The number of rotatable bonds is 5. The summed E-state index contributed by atoms with van der Waals surface area (Å²) in [6.45, 7) is 2.14. The van der Waals surface area contributed by atoms with Crippen LogP contribution in [-0.4, -0.2) is 61.3 Å². The van der Waals surface area contributed by atoms with Gasteiger partial charge in [0.1, 0.15) is 30.2 Å². The summed E-state index contributed by atoms with van der Waals surface area (Å²) >= 11 is 5.71. The normalized spacial score (nSPS) is 27.9. The van der Waals surface area contributed by atoms with Crippen LogP contribution in [0.4, 0.5) is 5.82 Å². The fourth-order valence-electron chi connectivity index (χ4n) is 2.51. The Kier molecular flexibility index (Phi) is 4.97. The molecule has 1 fully saturated rings. The Morgan fingerprint density at radius 2 is 2.21 bits per heavy atom. The standard InChI is InChI=1S/C14H18ClN5O4/c1-7(15)2-3-23-4-8-10(21)11(22)14(24-8)20-6-19-9-12(16)17-5-18-13(9)20/h2,5-6,8,10-11,14,21-22H,3-4H2,1H3,(H2,16,17,18)/b7-2+/t8-,10-,11-,14-/m1/s1. The summed E-state index contributed by atoms with van der Waals surface area (Å²) in [5.74, 6) is 0.231. The number of imidazole rings is 1. The number of hydrogen-bond acceptors (Lipinski definition) is 8. The Balaban J connectivity index is 1.74. The van der Waals surface area contributed by atoms with Crippen molar-refractivity contribution in [2.45, 2.75) is 31.5 Å². The molecular formula is C14H18ClN5O4. The van der Waals surface area contributed by atoms with Gasteiger partial charge in [0, 0.05) is 5.03 Å². The van der Waals surface area contributed by atoms with E-state index < -0.39 is 24.5 Å². The lowest BCUT2D eigenvalue weighted by molar-refractivity contribution is -0.0620. The number of hydrogen-bond donors (Lipinski definition) is 3. The highest BCUT2D eigenvalue weighted by molar-refractivity contribution is 6.29. The summed E-state index contributed by atoms with van der Waals surface area (Å²) in [6.07, 6.45) is 0.641. The van der Waals surface area contributed by atoms with Crippen LogP contribution in [0.3, 0.4) is 0 Å². The Morgan fingerprint density at radius 1 is 1.42 bits per heavy atom. The van der Waals surface area contributed by atoms with Gasteiger partial charge in [0.2, 0.25) is 0 Å². The molecular weight excluding hydrogens is 338 g/mol. The number of allylic oxidation sites excluding steroid dienone is 1. The first kappa shape index (κ1) is 17.1. The zero-order valence-electron chi connectivity index (χ0n) is 12.9. The highest BCUT2D eigenvalue weighted by Gasteiger charge is 2.44. The maximum absolute atomic E-state index is 10.3. The van der Waals surface area contributed by atoms with Gasteiger partial charge in [0.25, 0.3) is 0 Å². The predicted molar refractivity (Wildman–Crippen MR) is 86.1 cm³/mol. The largest absolute Gasteiger partial charge is 0.387 e. The topological polar surface area (TPSA) is 129 Å². The van der Waals surface area contributed by atoms with Crippen LogP contribution < -0.4 is 5.73 Å². The minimum absolute atomic E-state index is 0.110. The van der Waals surface area contributed by atoms with Crippen LogP contribution in [0.25, 0.3) is 11.2 Å². The van der Waals surface area contributed by atoms with Crippen LogP contribution in [0.2, 0.25) is 0 Å². The van der Waals surface area contributed by atoms with Gasteiger partial charge in [-0.05, 0) is 13.0 Å². The minimum Gasteiger partial charge on any atom is -0.387 e. The fraction of sp³-hybridized carbons (Fsp3) is 0.500. The van der Waals surface area contributed by atoms with Crippen molar-refractivity contribution in [2.75, 3.05) is 18.9 Å². The van der Waals surface area contributed by atoms with Gasteiger partial charge in [-0.2, -0.15) is 0 Å². The minimum atomic E-state index is -1.16. The molecule has 4 atom stereocenters. The number of nitrogens with two attached hydrogens (primary N) is 1. The molecule has 0 bridgehead atoms. The number of halogens is 1. The molecule has 0 spiro atoms. The third kappa shape index (κ3) is 3.21. The summed E-state index contributed by atoms with van der Waals surface area (Å²) in [7, 11) is 0. The van der Waals surface area contributed by atoms with Crippen molar-refractivity contribution in [3.8, 4) is 0 Å². The monoisotopic (exact) mass is 355 g/mol. The van der Waals surface area contributed by atoms with E-state index in [-0.39, 0.29) is 12.4 Å². The lowest BCUT2D eigenvalue weighted by Crippen LogP contribution is -2.33. The van der Waals surface area contributed by atoms with E-state index >= 15 is 0 Å². The van der Waals surface area contributed by atoms with Crippen LogP contribution in [-0.2, 0) is 9.47 Å². The van der Waals surface area contributed by atoms with Gasteiger partial charge in [-0.25, -0.2) is 15.0 Å². The highest BCUT2D eigenvalue weighted by Crippen LogP contribution is 2.32. The molecule has 1 aliphatic rings. The number of anilines is 1. The molecule has 0 aromatic carbocycles. The van der Waals surface area contributed by atoms with E-state index in [0.29, 0.717) is 22.8 Å². The van der Waals surface area contributed by atoms with Crippen molar-refractivity contribution in [3.63, 3.8) is 0 Å². The fourth-order valence-corrected chi connectivity index (χ4v) is 2.57. The molecule has 2 aromatic rings. The number of nitrogens with zero attached hydrogens (tertiary/aromatic N) is 4. The second kappa shape index (κ2) is 6.99. The number of aliphatic hydroxyl groups excluding tert-OH is 2. The Hall–Kier alpha value is -1.78. The molecule has 0 aliphatic carbocycles. The summed E-state index contributed by atoms with van der Waals surface area (Å²) in [5, 5.41) is 21.1. The van der Waals surface area contributed by atoms with Crippen LogP contribution >= 0.6 is 11.6 Å². The maximum atomic E-state index is 10.3. The molecule has 0 radical (unpaired) electrons. The highest BCUT2D eigenvalue weighted by atomic mass is 35.5. The van der Waals surface area contributed by atoms with Gasteiger partial charge >= 0.3 is 0 Å². The zero-order chi connectivity index (χ0) is 17.3. The average molecular weight is 356 g/mol. The molecule has 3 rings (SSSR count). The van der Waals surface area contributed by atoms with E-state index in [1.165, 1.54) is 17.2 Å². The van der Waals surface area contributed by atoms with Crippen molar-refractivity contribution >= 4 is 28.6 Å². The van der Waals surface area contributed by atoms with Gasteiger partial charge in [0.15, 0.2) is 17.7 Å². The average Bonchev–Trinajstić information content (AvgIpc) is 3.08. The first-order valence-electron chi connectivity index (χ1n) is 7.33. The van der Waals surface area contributed by atoms with Gasteiger partial charge in [0.05, 0.1) is 19.5 Å². The summed E-state index contributed by atoms with van der Waals surface area (Å²) < 4.78 is 12.6. The van der Waals surface area contributed by atoms with E-state index in [0.717, 1.165) is 0 Å². The van der Waals surface area contributed by atoms with Crippen LogP contribution in [0.15, 0.2) is 23.8 Å². The van der Waals surface area contributed by atoms with E-state index in [1.54, 1.807) is 13.0 Å². The smallest absolute Gasteiger partial charge is 0.167 e. The van der Waals surface area contributed by atoms with Gasteiger partial charge < -0.3 is 25.4 Å². The van der Waals surface area contributed by atoms with Crippen LogP contribution in [0, 0.1) is 0 Å². The van der Waals surface area contributed by atoms with E-state index in [9.17, 15) is 10.2 Å². The third-order valence-electron chi connectivity index (χ3n) is 3.76. The Morgan fingerprint density at radius 3 is 2.96 bits per heavy atom. The molecule has 130 valence electrons. The first-order chi connectivity index (χ1) is 11.5. The quantitative estimate of drug-likeness (QED) is 0.648. The second-order valence-corrected chi connectivity index (χ2v) is 6.05. The van der Waals surface area contributed by atoms with E-state index in [4.69, 9.17) is 26.8 Å². The number of aliphatic hydroxyl groups is 2. The van der Waals surface area contributed by atoms with Crippen molar-refractivity contribution in [1.29, 1.82) is 0 Å². The molecule has 0 saturated carbocycles. The van der Waals surface area contributed by atoms with Crippen molar-refractivity contribution < 1.29 is 19.7 Å². The molecule has 1 saturated heterocycles. The molecule has 0 amide bonds. The number of aromatic nitrogens is 4. The molecule has 3 heterocycles. The number of nitrogen functional groups attached to an aromatic ring is 1. The van der Waals surface area contributed by atoms with Crippen molar-refractivity contribution in [1.82, 2.24) is 19.5 Å². The Labute approximate surface area is 142 Å². The maximum Gasteiger partial charge on any atom is 0.167 e. The lowest BCUT2D eigenvalue weighted by atomic mass is 10.1. The summed E-state index contributed by atoms with van der Waals surface area (Å²) in [6, 6.07) is 0. The molecule has 4 N–H and O–H groups in total. The summed E-state index contributed by atoms with van der Waals surface area (Å²) in [5.41, 5.74) is 6.57. The van der Waals surface area contributed by atoms with Gasteiger partial charge in [-0.15, -0.1) is 0 Å². The molecule has 0 unspecified atom stereocenters. The lowest BCUT2D eigenvalue weighted by Gasteiger charge is -2.16. The second-order valence-electron chi connectivity index (χ2n) is 5.46. The van der Waals surface area contributed by atoms with Crippen molar-refractivity contribution in [3.05, 3.63) is 23.8 Å². The molecule has 10 heteroatoms. The third-order valence-corrected chi connectivity index (χ3v) is 3.92. The first-order valence-corrected chi connectivity index (χ1v) is 7.71. The van der Waals surface area contributed by atoms with Crippen LogP contribution in [0.5, 0.6) is 0 Å². The molecule has 2 aromatic heterocycles. The molecule has 9 nitrogen and oxygen atoms in total. The van der Waals surface area contributed by atoms with Gasteiger partial charge in [-0.1, -0.05) is 11.6 Å².